The Hall–Kier alpha value is -0.410. The lowest BCUT2D eigenvalue weighted by molar-refractivity contribution is 0.102. The van der Waals surface area contributed by atoms with Crippen molar-refractivity contribution in [2.75, 3.05) is 0 Å². The molecule has 0 spiro atoms. The van der Waals surface area contributed by atoms with Crippen LogP contribution in [-0.2, 0) is 0 Å². The van der Waals surface area contributed by atoms with Gasteiger partial charge in [0, 0.05) is 20.8 Å². The fraction of sp³-hybridized carbons (Fsp3) is 0.364. The minimum absolute atomic E-state index is 0.206. The molecule has 0 fully saturated rings. The molecule has 74 valence electrons. The van der Waals surface area contributed by atoms with Gasteiger partial charge in [0.1, 0.15) is 0 Å². The van der Waals surface area contributed by atoms with E-state index in [4.69, 9.17) is 0 Å². The van der Waals surface area contributed by atoms with Gasteiger partial charge in [-0.15, -0.1) is 0 Å². The van der Waals surface area contributed by atoms with Crippen molar-refractivity contribution in [1.29, 1.82) is 0 Å². The van der Waals surface area contributed by atoms with Gasteiger partial charge in [0.05, 0.1) is 0 Å². The van der Waals surface area contributed by atoms with E-state index >= 15 is 0 Å². The van der Waals surface area contributed by atoms with Crippen molar-refractivity contribution in [3.63, 3.8) is 0 Å². The number of carbonyl (C=O) groups excluding carboxylic acids is 1. The highest BCUT2D eigenvalue weighted by Gasteiger charge is 2.17. The van der Waals surface area contributed by atoms with Crippen LogP contribution >= 0.6 is 27.3 Å². The van der Waals surface area contributed by atoms with Gasteiger partial charge in [-0.25, -0.2) is 0 Å². The van der Waals surface area contributed by atoms with Crippen molar-refractivity contribution >= 4 is 33.0 Å². The van der Waals surface area contributed by atoms with Crippen LogP contribution in [0.3, 0.4) is 0 Å². The summed E-state index contributed by atoms with van der Waals surface area (Å²) in [6.45, 7) is 0. The molecule has 0 aliphatic heterocycles. The van der Waals surface area contributed by atoms with Crippen LogP contribution < -0.4 is 0 Å². The van der Waals surface area contributed by atoms with Crippen molar-refractivity contribution in [2.24, 2.45) is 0 Å². The predicted octanol–water partition coefficient (Wildman–Crippen LogP) is 4.19. The van der Waals surface area contributed by atoms with Gasteiger partial charge in [0.25, 0.3) is 0 Å². The van der Waals surface area contributed by atoms with Gasteiger partial charge >= 0.3 is 0 Å². The molecule has 0 saturated carbocycles. The summed E-state index contributed by atoms with van der Waals surface area (Å²) in [5, 5.41) is 3.87. The van der Waals surface area contributed by atoms with E-state index < -0.39 is 0 Å². The molecule has 1 aliphatic rings. The molecule has 1 nitrogen and oxygen atoms in total. The largest absolute Gasteiger partial charge is 0.289 e. The number of Topliss-reactive ketones (excluding diaryl/α,β-unsaturated/α-hetero) is 1. The number of thiophene rings is 1. The van der Waals surface area contributed by atoms with Crippen molar-refractivity contribution < 1.29 is 4.79 Å². The highest BCUT2D eigenvalue weighted by molar-refractivity contribution is 9.10. The summed E-state index contributed by atoms with van der Waals surface area (Å²) in [5.41, 5.74) is 1.82. The van der Waals surface area contributed by atoms with E-state index in [1.807, 2.05) is 10.8 Å². The van der Waals surface area contributed by atoms with Gasteiger partial charge < -0.3 is 0 Å². The maximum Gasteiger partial charge on any atom is 0.190 e. The minimum Gasteiger partial charge on any atom is -0.289 e. The Balaban J connectivity index is 2.23. The maximum absolute atomic E-state index is 12.0. The summed E-state index contributed by atoms with van der Waals surface area (Å²) in [6, 6.07) is 0. The third kappa shape index (κ3) is 1.98. The van der Waals surface area contributed by atoms with Crippen LogP contribution in [0.25, 0.3) is 0 Å². The van der Waals surface area contributed by atoms with E-state index in [-0.39, 0.29) is 5.78 Å². The summed E-state index contributed by atoms with van der Waals surface area (Å²) in [7, 11) is 0. The van der Waals surface area contributed by atoms with Gasteiger partial charge in [0.2, 0.25) is 0 Å². The molecule has 2 rings (SSSR count). The van der Waals surface area contributed by atoms with Gasteiger partial charge in [-0.3, -0.25) is 4.79 Å². The van der Waals surface area contributed by atoms with Crippen LogP contribution in [0.1, 0.15) is 36.0 Å². The first-order chi connectivity index (χ1) is 6.79. The summed E-state index contributed by atoms with van der Waals surface area (Å²) in [4.78, 5) is 12.0. The maximum atomic E-state index is 12.0. The highest BCUT2D eigenvalue weighted by atomic mass is 79.9. The molecule has 1 aromatic rings. The molecule has 1 aliphatic carbocycles. The van der Waals surface area contributed by atoms with Crippen molar-refractivity contribution in [3.05, 3.63) is 32.4 Å². The number of hydrogen-bond acceptors (Lipinski definition) is 2. The average Bonchev–Trinajstić information content (AvgIpc) is 2.65. The zero-order chi connectivity index (χ0) is 9.97. The van der Waals surface area contributed by atoms with Crippen molar-refractivity contribution in [2.45, 2.75) is 25.7 Å². The summed E-state index contributed by atoms with van der Waals surface area (Å²) < 4.78 is 0.930. The van der Waals surface area contributed by atoms with E-state index in [1.54, 1.807) is 11.3 Å². The van der Waals surface area contributed by atoms with Crippen LogP contribution in [0.4, 0.5) is 0 Å². The lowest BCUT2D eigenvalue weighted by atomic mass is 9.94. The zero-order valence-electron chi connectivity index (χ0n) is 7.75. The van der Waals surface area contributed by atoms with E-state index in [0.29, 0.717) is 0 Å². The number of allylic oxidation sites excluding steroid dienone is 2. The number of ketones is 1. The second-order valence-corrected chi connectivity index (χ2v) is 5.04. The Morgan fingerprint density at radius 2 is 2.21 bits per heavy atom. The predicted molar refractivity (Wildman–Crippen MR) is 62.9 cm³/mol. The second-order valence-electron chi connectivity index (χ2n) is 3.44. The third-order valence-corrected chi connectivity index (χ3v) is 4.14. The fourth-order valence-electron chi connectivity index (χ4n) is 1.66. The zero-order valence-corrected chi connectivity index (χ0v) is 10.2. The topological polar surface area (TPSA) is 17.1 Å². The SMILES string of the molecule is O=C(C1=CCCCC1)c1cscc1Br. The van der Waals surface area contributed by atoms with Crippen LogP contribution in [0, 0.1) is 0 Å². The molecule has 0 radical (unpaired) electrons. The Bertz CT molecular complexity index is 378. The Morgan fingerprint density at radius 1 is 1.36 bits per heavy atom. The molecule has 1 aromatic heterocycles. The molecule has 0 bridgehead atoms. The molecule has 0 atom stereocenters. The number of rotatable bonds is 2. The lowest BCUT2D eigenvalue weighted by Gasteiger charge is -2.10. The number of carbonyl (C=O) groups is 1. The summed E-state index contributed by atoms with van der Waals surface area (Å²) in [5.74, 6) is 0.206. The first kappa shape index (κ1) is 10.1. The van der Waals surface area contributed by atoms with Crippen LogP contribution in [0.2, 0.25) is 0 Å². The first-order valence-electron chi connectivity index (χ1n) is 4.74. The molecular formula is C11H11BrOS. The molecule has 0 unspecified atom stereocenters. The smallest absolute Gasteiger partial charge is 0.190 e. The molecular weight excluding hydrogens is 260 g/mol. The third-order valence-electron chi connectivity index (χ3n) is 2.44. The van der Waals surface area contributed by atoms with E-state index in [1.165, 1.54) is 6.42 Å². The highest BCUT2D eigenvalue weighted by Crippen LogP contribution is 2.27. The monoisotopic (exact) mass is 270 g/mol. The quantitative estimate of drug-likeness (QED) is 0.737. The van der Waals surface area contributed by atoms with Gasteiger partial charge in [-0.05, 0) is 47.2 Å². The van der Waals surface area contributed by atoms with Gasteiger partial charge in [0.15, 0.2) is 5.78 Å². The Kier molecular flexibility index (Phi) is 3.19. The molecule has 0 saturated heterocycles. The van der Waals surface area contributed by atoms with E-state index in [2.05, 4.69) is 22.0 Å². The molecule has 0 aromatic carbocycles. The average molecular weight is 271 g/mol. The van der Waals surface area contributed by atoms with E-state index in [0.717, 1.165) is 34.9 Å². The normalized spacial score (nSPS) is 16.5. The van der Waals surface area contributed by atoms with Crippen LogP contribution in [-0.4, -0.2) is 5.78 Å². The standard InChI is InChI=1S/C11H11BrOS/c12-10-7-14-6-9(10)11(13)8-4-2-1-3-5-8/h4,6-7H,1-3,5H2. The Morgan fingerprint density at radius 3 is 2.79 bits per heavy atom. The van der Waals surface area contributed by atoms with Crippen LogP contribution in [0.15, 0.2) is 26.9 Å². The molecule has 0 amide bonds. The van der Waals surface area contributed by atoms with Gasteiger partial charge in [-0.2, -0.15) is 11.3 Å². The first-order valence-corrected chi connectivity index (χ1v) is 6.48. The lowest BCUT2D eigenvalue weighted by Crippen LogP contribution is -2.05. The second kappa shape index (κ2) is 4.41. The molecule has 0 N–H and O–H groups in total. The molecule has 14 heavy (non-hydrogen) atoms. The minimum atomic E-state index is 0.206. The number of hydrogen-bond donors (Lipinski definition) is 0. The number of halogens is 1. The van der Waals surface area contributed by atoms with Crippen molar-refractivity contribution in [3.8, 4) is 0 Å². The fourth-order valence-corrected chi connectivity index (χ4v) is 3.12. The summed E-state index contributed by atoms with van der Waals surface area (Å²) in [6.07, 6.45) is 6.47. The van der Waals surface area contributed by atoms with Gasteiger partial charge in [-0.1, -0.05) is 6.08 Å². The summed E-state index contributed by atoms with van der Waals surface area (Å²) >= 11 is 4.96. The van der Waals surface area contributed by atoms with Crippen LogP contribution in [0.5, 0.6) is 0 Å². The Labute approximate surface area is 96.0 Å². The van der Waals surface area contributed by atoms with E-state index in [9.17, 15) is 4.79 Å². The van der Waals surface area contributed by atoms with Crippen molar-refractivity contribution in [1.82, 2.24) is 0 Å². The molecule has 3 heteroatoms. The molecule has 1 heterocycles.